The van der Waals surface area contributed by atoms with Gasteiger partial charge in [-0.15, -0.1) is 0 Å². The largest absolute Gasteiger partial charge is 0.418 e. The molecule has 26 heavy (non-hydrogen) atoms. The van der Waals surface area contributed by atoms with Gasteiger partial charge in [-0.1, -0.05) is 32.9 Å². The molecule has 1 saturated heterocycles. The Labute approximate surface area is 151 Å². The molecule has 2 heterocycles. The molecule has 2 aromatic rings. The highest BCUT2D eigenvalue weighted by atomic mass is 19.4. The number of aromatic nitrogens is 2. The van der Waals surface area contributed by atoms with E-state index in [0.717, 1.165) is 11.5 Å². The Morgan fingerprint density at radius 2 is 1.85 bits per heavy atom. The van der Waals surface area contributed by atoms with E-state index >= 15 is 0 Å². The number of halogens is 3. The van der Waals surface area contributed by atoms with Crippen LogP contribution in [0.25, 0.3) is 0 Å². The summed E-state index contributed by atoms with van der Waals surface area (Å²) < 4.78 is 43.5. The number of β-amino-alcohol motifs (C(OH)–C–C–N with tert-alkyl or cyclic N) is 1. The molecule has 0 spiro atoms. The van der Waals surface area contributed by atoms with Gasteiger partial charge in [0.15, 0.2) is 0 Å². The maximum atomic E-state index is 13.9. The van der Waals surface area contributed by atoms with Gasteiger partial charge in [-0.2, -0.15) is 13.2 Å². The molecule has 0 bridgehead atoms. The molecule has 1 aromatic heterocycles. The Bertz CT molecular complexity index is 799. The lowest BCUT2D eigenvalue weighted by molar-refractivity contribution is -0.137. The first-order valence-electron chi connectivity index (χ1n) is 8.63. The van der Waals surface area contributed by atoms with Gasteiger partial charge in [-0.3, -0.25) is 0 Å². The van der Waals surface area contributed by atoms with Crippen molar-refractivity contribution in [3.63, 3.8) is 0 Å². The van der Waals surface area contributed by atoms with E-state index in [4.69, 9.17) is 0 Å². The molecule has 4 nitrogen and oxygen atoms in total. The number of imidazole rings is 1. The SMILES string of the molecule is Cc1cnc(C(C)(C)C)n1Cc1cccc(N2CC(O)C2)c1C(F)(F)F. The molecule has 142 valence electrons. The van der Waals surface area contributed by atoms with E-state index in [-0.39, 0.29) is 36.3 Å². The second kappa shape index (κ2) is 6.30. The number of alkyl halides is 3. The van der Waals surface area contributed by atoms with E-state index < -0.39 is 17.8 Å². The van der Waals surface area contributed by atoms with Crippen LogP contribution in [-0.4, -0.2) is 33.9 Å². The smallest absolute Gasteiger partial charge is 0.389 e. The summed E-state index contributed by atoms with van der Waals surface area (Å²) in [5.74, 6) is 0.757. The molecular weight excluding hydrogens is 343 g/mol. The zero-order valence-electron chi connectivity index (χ0n) is 15.4. The van der Waals surface area contributed by atoms with Crippen LogP contribution in [0.5, 0.6) is 0 Å². The van der Waals surface area contributed by atoms with Gasteiger partial charge in [-0.25, -0.2) is 4.98 Å². The lowest BCUT2D eigenvalue weighted by Crippen LogP contribution is -2.51. The Balaban J connectivity index is 2.07. The summed E-state index contributed by atoms with van der Waals surface area (Å²) in [7, 11) is 0. The van der Waals surface area contributed by atoms with Gasteiger partial charge in [0.25, 0.3) is 0 Å². The van der Waals surface area contributed by atoms with E-state index in [1.165, 1.54) is 12.1 Å². The van der Waals surface area contributed by atoms with Crippen LogP contribution in [0, 0.1) is 6.92 Å². The predicted octanol–water partition coefficient (Wildman–Crippen LogP) is 3.74. The van der Waals surface area contributed by atoms with Crippen molar-refractivity contribution in [2.75, 3.05) is 18.0 Å². The van der Waals surface area contributed by atoms with Gasteiger partial charge in [-0.05, 0) is 18.6 Å². The molecule has 7 heteroatoms. The third-order valence-electron chi connectivity index (χ3n) is 4.67. The summed E-state index contributed by atoms with van der Waals surface area (Å²) in [6.07, 6.45) is -3.34. The number of aliphatic hydroxyl groups excluding tert-OH is 1. The van der Waals surface area contributed by atoms with Crippen LogP contribution >= 0.6 is 0 Å². The highest BCUT2D eigenvalue weighted by Gasteiger charge is 2.40. The monoisotopic (exact) mass is 367 g/mol. The van der Waals surface area contributed by atoms with E-state index in [2.05, 4.69) is 4.98 Å². The maximum absolute atomic E-state index is 13.9. The lowest BCUT2D eigenvalue weighted by atomic mass is 9.95. The van der Waals surface area contributed by atoms with Gasteiger partial charge in [0, 0.05) is 42.6 Å². The second-order valence-corrected chi connectivity index (χ2v) is 7.93. The van der Waals surface area contributed by atoms with Crippen molar-refractivity contribution in [2.24, 2.45) is 0 Å². The third kappa shape index (κ3) is 3.45. The molecule has 0 aliphatic carbocycles. The molecule has 1 fully saturated rings. The Hall–Kier alpha value is -2.02. The fourth-order valence-corrected chi connectivity index (χ4v) is 3.39. The number of aliphatic hydroxyl groups is 1. The summed E-state index contributed by atoms with van der Waals surface area (Å²) in [6, 6.07) is 4.64. The van der Waals surface area contributed by atoms with Crippen LogP contribution in [-0.2, 0) is 18.1 Å². The zero-order chi connectivity index (χ0) is 19.3. The number of rotatable bonds is 3. The van der Waals surface area contributed by atoms with Gasteiger partial charge in [0.1, 0.15) is 5.82 Å². The van der Waals surface area contributed by atoms with Crippen LogP contribution in [0.3, 0.4) is 0 Å². The quantitative estimate of drug-likeness (QED) is 0.899. The molecule has 1 aliphatic rings. The summed E-state index contributed by atoms with van der Waals surface area (Å²) in [5.41, 5.74) is 0.275. The van der Waals surface area contributed by atoms with Gasteiger partial charge in [0.05, 0.1) is 11.7 Å². The van der Waals surface area contributed by atoms with Crippen molar-refractivity contribution in [1.29, 1.82) is 0 Å². The molecular formula is C19H24F3N3O. The summed E-state index contributed by atoms with van der Waals surface area (Å²) in [5, 5.41) is 9.48. The number of hydrogen-bond donors (Lipinski definition) is 1. The van der Waals surface area contributed by atoms with Gasteiger partial charge >= 0.3 is 6.18 Å². The minimum absolute atomic E-state index is 0.109. The average molecular weight is 367 g/mol. The highest BCUT2D eigenvalue weighted by Crippen LogP contribution is 2.41. The molecule has 1 aliphatic heterocycles. The van der Waals surface area contributed by atoms with Crippen LogP contribution in [0.4, 0.5) is 18.9 Å². The van der Waals surface area contributed by atoms with Crippen molar-refractivity contribution in [1.82, 2.24) is 9.55 Å². The second-order valence-electron chi connectivity index (χ2n) is 7.93. The van der Waals surface area contributed by atoms with E-state index in [9.17, 15) is 18.3 Å². The first kappa shape index (κ1) is 18.8. The fraction of sp³-hybridized carbons (Fsp3) is 0.526. The maximum Gasteiger partial charge on any atom is 0.418 e. The van der Waals surface area contributed by atoms with Crippen LogP contribution in [0.2, 0.25) is 0 Å². The van der Waals surface area contributed by atoms with Crippen molar-refractivity contribution >= 4 is 5.69 Å². The number of aryl methyl sites for hydroxylation is 1. The summed E-state index contributed by atoms with van der Waals surface area (Å²) in [4.78, 5) is 5.98. The Kier molecular flexibility index (Phi) is 4.55. The third-order valence-corrected chi connectivity index (χ3v) is 4.67. The number of nitrogens with zero attached hydrogens (tertiary/aromatic N) is 3. The molecule has 1 N–H and O–H groups in total. The van der Waals surface area contributed by atoms with Gasteiger partial charge < -0.3 is 14.6 Å². The van der Waals surface area contributed by atoms with Crippen molar-refractivity contribution < 1.29 is 18.3 Å². The fourth-order valence-electron chi connectivity index (χ4n) is 3.39. The molecule has 3 rings (SSSR count). The van der Waals surface area contributed by atoms with Crippen LogP contribution < -0.4 is 4.90 Å². The number of hydrogen-bond acceptors (Lipinski definition) is 3. The lowest BCUT2D eigenvalue weighted by Gasteiger charge is -2.39. The van der Waals surface area contributed by atoms with Crippen LogP contribution in [0.1, 0.15) is 43.4 Å². The minimum atomic E-state index is -4.47. The topological polar surface area (TPSA) is 41.3 Å². The molecule has 0 saturated carbocycles. The zero-order valence-corrected chi connectivity index (χ0v) is 15.4. The van der Waals surface area contributed by atoms with Crippen molar-refractivity contribution in [3.05, 3.63) is 47.0 Å². The first-order chi connectivity index (χ1) is 12.0. The standard InChI is InChI=1S/C19H24F3N3O/c1-12-8-23-17(18(2,3)4)25(12)9-13-6-5-7-15(16(13)19(20,21)22)24-10-14(26)11-24/h5-8,14,26H,9-11H2,1-4H3. The molecule has 0 amide bonds. The Morgan fingerprint density at radius 3 is 2.38 bits per heavy atom. The van der Waals surface area contributed by atoms with E-state index in [1.807, 2.05) is 32.3 Å². The minimum Gasteiger partial charge on any atom is -0.389 e. The molecule has 0 unspecified atom stereocenters. The Morgan fingerprint density at radius 1 is 1.19 bits per heavy atom. The highest BCUT2D eigenvalue weighted by molar-refractivity contribution is 5.60. The average Bonchev–Trinajstić information content (AvgIpc) is 2.84. The summed E-state index contributed by atoms with van der Waals surface area (Å²) in [6.45, 7) is 8.39. The van der Waals surface area contributed by atoms with E-state index in [1.54, 1.807) is 17.2 Å². The molecule has 0 atom stereocenters. The van der Waals surface area contributed by atoms with Crippen molar-refractivity contribution in [3.8, 4) is 0 Å². The predicted molar refractivity (Wildman–Crippen MR) is 94.4 cm³/mol. The molecule has 1 aromatic carbocycles. The van der Waals surface area contributed by atoms with E-state index in [0.29, 0.717) is 0 Å². The van der Waals surface area contributed by atoms with Gasteiger partial charge in [0.2, 0.25) is 0 Å². The normalized spacial score (nSPS) is 16.1. The first-order valence-corrected chi connectivity index (χ1v) is 8.63. The summed E-state index contributed by atoms with van der Waals surface area (Å²) >= 11 is 0. The van der Waals surface area contributed by atoms with Crippen molar-refractivity contribution in [2.45, 2.75) is 51.9 Å². The number of anilines is 1. The molecule has 0 radical (unpaired) electrons. The number of benzene rings is 1. The van der Waals surface area contributed by atoms with Crippen LogP contribution in [0.15, 0.2) is 24.4 Å².